The number of amides is 1. The highest BCUT2D eigenvalue weighted by atomic mass is 32.2. The number of rotatable bonds is 10. The summed E-state index contributed by atoms with van der Waals surface area (Å²) in [6, 6.07) is 3.59. The Morgan fingerprint density at radius 1 is 1.07 bits per heavy atom. The molecule has 0 spiro atoms. The zero-order chi connectivity index (χ0) is 20.9. The Labute approximate surface area is 168 Å². The van der Waals surface area contributed by atoms with Gasteiger partial charge in [0.1, 0.15) is 0 Å². The summed E-state index contributed by atoms with van der Waals surface area (Å²) in [5, 5.41) is 4.65. The first kappa shape index (κ1) is 23.4. The van der Waals surface area contributed by atoms with Crippen LogP contribution in [0.15, 0.2) is 17.2 Å². The third-order valence-electron chi connectivity index (χ3n) is 3.42. The molecule has 1 aromatic carbocycles. The minimum atomic E-state index is -0.687. The van der Waals surface area contributed by atoms with E-state index in [1.165, 1.54) is 40.2 Å². The molecule has 1 N–H and O–H groups in total. The Morgan fingerprint density at radius 2 is 1.71 bits per heavy atom. The van der Waals surface area contributed by atoms with Gasteiger partial charge in [-0.25, -0.2) is 10.2 Å². The molecule has 0 bridgehead atoms. The van der Waals surface area contributed by atoms with Crippen molar-refractivity contribution in [1.82, 2.24) is 5.43 Å². The van der Waals surface area contributed by atoms with E-state index in [-0.39, 0.29) is 12.4 Å². The number of esters is 1. The van der Waals surface area contributed by atoms with Crippen LogP contribution >= 0.6 is 11.8 Å². The lowest BCUT2D eigenvalue weighted by Gasteiger charge is -2.14. The van der Waals surface area contributed by atoms with Crippen LogP contribution < -0.4 is 19.6 Å². The quantitative estimate of drug-likeness (QED) is 0.270. The van der Waals surface area contributed by atoms with Gasteiger partial charge in [-0.3, -0.25) is 4.79 Å². The third kappa shape index (κ3) is 7.55. The lowest BCUT2D eigenvalue weighted by Crippen LogP contribution is -2.19. The van der Waals surface area contributed by atoms with Crippen molar-refractivity contribution in [3.63, 3.8) is 0 Å². The summed E-state index contributed by atoms with van der Waals surface area (Å²) in [4.78, 5) is 22.9. The number of thioether (sulfide) groups is 1. The van der Waals surface area contributed by atoms with Gasteiger partial charge in [0.05, 0.1) is 46.5 Å². The molecule has 0 aliphatic heterocycles. The highest BCUT2D eigenvalue weighted by molar-refractivity contribution is 8.13. The smallest absolute Gasteiger partial charge is 0.427 e. The van der Waals surface area contributed by atoms with Crippen LogP contribution in [0.3, 0.4) is 0 Å². The monoisotopic (exact) mass is 414 g/mol. The zero-order valence-electron chi connectivity index (χ0n) is 16.7. The molecule has 1 amide bonds. The van der Waals surface area contributed by atoms with E-state index < -0.39 is 6.09 Å². The molecule has 10 heteroatoms. The molecule has 156 valence electrons. The predicted octanol–water partition coefficient (Wildman–Crippen LogP) is 2.61. The van der Waals surface area contributed by atoms with E-state index in [4.69, 9.17) is 18.9 Å². The molecule has 0 saturated heterocycles. The van der Waals surface area contributed by atoms with E-state index in [0.29, 0.717) is 41.1 Å². The van der Waals surface area contributed by atoms with Crippen molar-refractivity contribution in [3.05, 3.63) is 17.7 Å². The second kappa shape index (κ2) is 12.7. The van der Waals surface area contributed by atoms with Gasteiger partial charge >= 0.3 is 12.1 Å². The number of carbonyl (C=O) groups excluding carboxylic acids is 2. The maximum atomic E-state index is 11.5. The van der Waals surface area contributed by atoms with Gasteiger partial charge in [-0.15, -0.1) is 11.8 Å². The van der Waals surface area contributed by atoms with Crippen LogP contribution in [0.4, 0.5) is 4.79 Å². The maximum absolute atomic E-state index is 11.5. The molecule has 1 rings (SSSR count). The van der Waals surface area contributed by atoms with Gasteiger partial charge in [-0.05, 0) is 24.6 Å². The van der Waals surface area contributed by atoms with E-state index in [2.05, 4.69) is 15.3 Å². The average Bonchev–Trinajstić information content (AvgIpc) is 2.70. The predicted molar refractivity (Wildman–Crippen MR) is 106 cm³/mol. The summed E-state index contributed by atoms with van der Waals surface area (Å²) in [7, 11) is 5.84. The van der Waals surface area contributed by atoms with Crippen LogP contribution in [-0.4, -0.2) is 57.9 Å². The second-order valence-electron chi connectivity index (χ2n) is 5.22. The van der Waals surface area contributed by atoms with Crippen molar-refractivity contribution in [2.24, 2.45) is 5.10 Å². The summed E-state index contributed by atoms with van der Waals surface area (Å²) >= 11 is 1.33. The summed E-state index contributed by atoms with van der Waals surface area (Å²) in [5.74, 6) is 1.66. The molecule has 0 aliphatic carbocycles. The summed E-state index contributed by atoms with van der Waals surface area (Å²) < 4.78 is 25.5. The summed E-state index contributed by atoms with van der Waals surface area (Å²) in [6.07, 6.45) is -0.0902. The van der Waals surface area contributed by atoms with Crippen LogP contribution in [0.5, 0.6) is 17.2 Å². The average molecular weight is 414 g/mol. The van der Waals surface area contributed by atoms with Crippen LogP contribution in [-0.2, 0) is 20.7 Å². The van der Waals surface area contributed by atoms with Crippen molar-refractivity contribution in [2.45, 2.75) is 19.8 Å². The SMILES string of the molecule is CCOC(=O)CCS/C(Cc1cc(OC)c(OC)c(OC)c1)=N\NC(=O)OC. The highest BCUT2D eigenvalue weighted by Gasteiger charge is 2.15. The second-order valence-corrected chi connectivity index (χ2v) is 6.39. The van der Waals surface area contributed by atoms with Crippen LogP contribution in [0.2, 0.25) is 0 Å². The van der Waals surface area contributed by atoms with E-state index in [0.717, 1.165) is 5.56 Å². The van der Waals surface area contributed by atoms with Gasteiger partial charge in [0.2, 0.25) is 5.75 Å². The molecule has 0 aliphatic rings. The van der Waals surface area contributed by atoms with Gasteiger partial charge in [-0.2, -0.15) is 5.10 Å². The van der Waals surface area contributed by atoms with Crippen molar-refractivity contribution >= 4 is 28.9 Å². The topological polar surface area (TPSA) is 105 Å². The first-order chi connectivity index (χ1) is 13.5. The molecule has 0 aromatic heterocycles. The standard InChI is InChI=1S/C18H26N2O7S/c1-6-27-16(21)7-8-28-15(19-20-18(22)26-5)11-12-9-13(23-2)17(25-4)14(10-12)24-3/h9-10H,6-8,11H2,1-5H3,(H,20,22)/b19-15-. The molecule has 0 unspecified atom stereocenters. The number of hydrazone groups is 1. The number of nitrogens with zero attached hydrogens (tertiary/aromatic N) is 1. The Morgan fingerprint density at radius 3 is 2.21 bits per heavy atom. The molecule has 1 aromatic rings. The lowest BCUT2D eigenvalue weighted by atomic mass is 10.1. The number of hydrogen-bond donors (Lipinski definition) is 1. The van der Waals surface area contributed by atoms with Crippen LogP contribution in [0.1, 0.15) is 18.9 Å². The molecular weight excluding hydrogens is 388 g/mol. The molecule has 0 heterocycles. The van der Waals surface area contributed by atoms with E-state index >= 15 is 0 Å². The number of methoxy groups -OCH3 is 4. The van der Waals surface area contributed by atoms with Gasteiger partial charge in [0, 0.05) is 12.2 Å². The van der Waals surface area contributed by atoms with Crippen molar-refractivity contribution in [3.8, 4) is 17.2 Å². The summed E-state index contributed by atoms with van der Waals surface area (Å²) in [5.41, 5.74) is 3.12. The van der Waals surface area contributed by atoms with Gasteiger partial charge in [0.15, 0.2) is 11.5 Å². The van der Waals surface area contributed by atoms with Crippen LogP contribution in [0.25, 0.3) is 0 Å². The zero-order valence-corrected chi connectivity index (χ0v) is 17.5. The Hall–Kier alpha value is -2.62. The Balaban J connectivity index is 2.98. The maximum Gasteiger partial charge on any atom is 0.427 e. The minimum absolute atomic E-state index is 0.227. The Kier molecular flexibility index (Phi) is 10.6. The summed E-state index contributed by atoms with van der Waals surface area (Å²) in [6.45, 7) is 2.09. The van der Waals surface area contributed by atoms with Gasteiger partial charge in [0.25, 0.3) is 0 Å². The molecule has 28 heavy (non-hydrogen) atoms. The number of ether oxygens (including phenoxy) is 5. The highest BCUT2D eigenvalue weighted by Crippen LogP contribution is 2.38. The van der Waals surface area contributed by atoms with Gasteiger partial charge < -0.3 is 23.7 Å². The molecule has 0 atom stereocenters. The van der Waals surface area contributed by atoms with E-state index in [9.17, 15) is 9.59 Å². The van der Waals surface area contributed by atoms with E-state index in [1.807, 2.05) is 0 Å². The van der Waals surface area contributed by atoms with Crippen molar-refractivity contribution in [2.75, 3.05) is 40.8 Å². The molecule has 0 radical (unpaired) electrons. The lowest BCUT2D eigenvalue weighted by molar-refractivity contribution is -0.142. The molecule has 0 fully saturated rings. The first-order valence-corrected chi connectivity index (χ1v) is 9.45. The van der Waals surface area contributed by atoms with Gasteiger partial charge in [-0.1, -0.05) is 0 Å². The van der Waals surface area contributed by atoms with Crippen LogP contribution in [0, 0.1) is 0 Å². The number of carbonyl (C=O) groups is 2. The molecular formula is C18H26N2O7S. The largest absolute Gasteiger partial charge is 0.493 e. The molecule has 9 nitrogen and oxygen atoms in total. The van der Waals surface area contributed by atoms with E-state index in [1.54, 1.807) is 19.1 Å². The fourth-order valence-corrected chi connectivity index (χ4v) is 3.06. The minimum Gasteiger partial charge on any atom is -0.493 e. The number of benzene rings is 1. The van der Waals surface area contributed by atoms with Crippen molar-refractivity contribution in [1.29, 1.82) is 0 Å². The fraction of sp³-hybridized carbons (Fsp3) is 0.500. The number of nitrogens with one attached hydrogen (secondary N) is 1. The first-order valence-electron chi connectivity index (χ1n) is 8.46. The third-order valence-corrected chi connectivity index (χ3v) is 4.39. The fourth-order valence-electron chi connectivity index (χ4n) is 2.17. The molecule has 0 saturated carbocycles. The normalized spacial score (nSPS) is 10.8. The number of hydrogen-bond acceptors (Lipinski definition) is 9. The van der Waals surface area contributed by atoms with Crippen molar-refractivity contribution < 1.29 is 33.3 Å². The Bertz CT molecular complexity index is 670.